The molecule has 0 atom stereocenters. The van der Waals surface area contributed by atoms with Gasteiger partial charge in [-0.05, 0) is 18.2 Å². The predicted octanol–water partition coefficient (Wildman–Crippen LogP) is 2.08. The summed E-state index contributed by atoms with van der Waals surface area (Å²) < 4.78 is 12.4. The van der Waals surface area contributed by atoms with E-state index in [1.807, 2.05) is 29.8 Å². The smallest absolute Gasteiger partial charge is 0.236 e. The van der Waals surface area contributed by atoms with E-state index in [1.165, 1.54) is 23.1 Å². The van der Waals surface area contributed by atoms with Crippen LogP contribution in [-0.2, 0) is 11.8 Å². The Morgan fingerprint density at radius 2 is 2.04 bits per heavy atom. The topological polar surface area (TPSA) is 104 Å². The first-order valence-electron chi connectivity index (χ1n) is 7.43. The van der Waals surface area contributed by atoms with E-state index in [1.54, 1.807) is 19.7 Å². The molecule has 0 aliphatic rings. The van der Waals surface area contributed by atoms with Gasteiger partial charge in [0.15, 0.2) is 22.5 Å². The van der Waals surface area contributed by atoms with Gasteiger partial charge in [0.1, 0.15) is 5.51 Å². The van der Waals surface area contributed by atoms with Gasteiger partial charge in [-0.2, -0.15) is 0 Å². The number of methoxy groups -OCH3 is 2. The summed E-state index contributed by atoms with van der Waals surface area (Å²) in [6.45, 7) is 0. The molecule has 9 nitrogen and oxygen atoms in total. The summed E-state index contributed by atoms with van der Waals surface area (Å²) >= 11 is 2.55. The van der Waals surface area contributed by atoms with Crippen molar-refractivity contribution in [2.75, 3.05) is 25.3 Å². The summed E-state index contributed by atoms with van der Waals surface area (Å²) in [5.74, 6) is 1.93. The molecule has 0 aliphatic carbocycles. The van der Waals surface area contributed by atoms with Crippen LogP contribution in [0.5, 0.6) is 11.5 Å². The van der Waals surface area contributed by atoms with Crippen LogP contribution in [-0.4, -0.2) is 50.8 Å². The number of hydrogen-bond donors (Lipinski definition) is 1. The number of carbonyl (C=O) groups is 1. The van der Waals surface area contributed by atoms with Crippen molar-refractivity contribution in [3.8, 4) is 22.9 Å². The maximum Gasteiger partial charge on any atom is 0.236 e. The summed E-state index contributed by atoms with van der Waals surface area (Å²) in [6.07, 6.45) is 0. The molecule has 136 valence electrons. The maximum absolute atomic E-state index is 11.9. The summed E-state index contributed by atoms with van der Waals surface area (Å²) in [5, 5.41) is 19.6. The van der Waals surface area contributed by atoms with E-state index in [-0.39, 0.29) is 11.7 Å². The molecule has 3 aromatic rings. The van der Waals surface area contributed by atoms with Crippen LogP contribution in [0.2, 0.25) is 0 Å². The van der Waals surface area contributed by atoms with E-state index in [4.69, 9.17) is 9.47 Å². The van der Waals surface area contributed by atoms with Gasteiger partial charge in [-0.25, -0.2) is 0 Å². The summed E-state index contributed by atoms with van der Waals surface area (Å²) in [4.78, 5) is 11.9. The highest BCUT2D eigenvalue weighted by atomic mass is 32.2. The van der Waals surface area contributed by atoms with Crippen LogP contribution in [0.1, 0.15) is 0 Å². The molecule has 26 heavy (non-hydrogen) atoms. The fourth-order valence-electron chi connectivity index (χ4n) is 2.18. The Morgan fingerprint density at radius 3 is 2.73 bits per heavy atom. The average molecular weight is 392 g/mol. The third kappa shape index (κ3) is 3.94. The van der Waals surface area contributed by atoms with Gasteiger partial charge in [0, 0.05) is 12.6 Å². The minimum absolute atomic E-state index is 0.178. The number of nitrogens with zero attached hydrogens (tertiary/aromatic N) is 5. The summed E-state index contributed by atoms with van der Waals surface area (Å²) in [7, 11) is 5.01. The summed E-state index contributed by atoms with van der Waals surface area (Å²) in [5.41, 5.74) is 2.39. The molecule has 0 aliphatic heterocycles. The van der Waals surface area contributed by atoms with E-state index in [0.717, 1.165) is 5.56 Å². The number of anilines is 1. The lowest BCUT2D eigenvalue weighted by Gasteiger charge is -2.09. The third-order valence-corrected chi connectivity index (χ3v) is 5.04. The van der Waals surface area contributed by atoms with Crippen molar-refractivity contribution >= 4 is 34.1 Å². The van der Waals surface area contributed by atoms with E-state index in [0.29, 0.717) is 27.6 Å². The zero-order chi connectivity index (χ0) is 18.5. The first kappa shape index (κ1) is 18.1. The minimum Gasteiger partial charge on any atom is -0.493 e. The van der Waals surface area contributed by atoms with Crippen molar-refractivity contribution in [1.82, 2.24) is 25.0 Å². The second-order valence-electron chi connectivity index (χ2n) is 5.02. The fourth-order valence-corrected chi connectivity index (χ4v) is 3.35. The normalized spacial score (nSPS) is 10.6. The van der Waals surface area contributed by atoms with Crippen molar-refractivity contribution in [3.63, 3.8) is 0 Å². The lowest BCUT2D eigenvalue weighted by molar-refractivity contribution is -0.113. The molecule has 0 radical (unpaired) electrons. The number of rotatable bonds is 7. The van der Waals surface area contributed by atoms with Crippen LogP contribution in [0, 0.1) is 0 Å². The van der Waals surface area contributed by atoms with Gasteiger partial charge in [0.05, 0.1) is 20.0 Å². The second-order valence-corrected chi connectivity index (χ2v) is 6.79. The fraction of sp³-hybridized carbons (Fsp3) is 0.267. The van der Waals surface area contributed by atoms with Crippen LogP contribution < -0.4 is 14.8 Å². The molecule has 0 saturated heterocycles. The molecule has 0 saturated carbocycles. The van der Waals surface area contributed by atoms with Crippen molar-refractivity contribution in [2.45, 2.75) is 5.16 Å². The van der Waals surface area contributed by atoms with Gasteiger partial charge in [-0.1, -0.05) is 23.1 Å². The number of carbonyl (C=O) groups excluding carboxylic acids is 1. The molecule has 0 bridgehead atoms. The van der Waals surface area contributed by atoms with Crippen molar-refractivity contribution in [2.24, 2.45) is 7.05 Å². The molecule has 0 unspecified atom stereocenters. The molecule has 1 amide bonds. The van der Waals surface area contributed by atoms with Gasteiger partial charge in [0.2, 0.25) is 11.0 Å². The molecule has 2 heterocycles. The van der Waals surface area contributed by atoms with E-state index in [9.17, 15) is 4.79 Å². The van der Waals surface area contributed by atoms with Gasteiger partial charge >= 0.3 is 0 Å². The molecule has 11 heteroatoms. The second kappa shape index (κ2) is 8.15. The van der Waals surface area contributed by atoms with Crippen LogP contribution in [0.15, 0.2) is 28.9 Å². The molecular weight excluding hydrogens is 376 g/mol. The van der Waals surface area contributed by atoms with Gasteiger partial charge in [0.25, 0.3) is 0 Å². The zero-order valence-electron chi connectivity index (χ0n) is 14.3. The van der Waals surface area contributed by atoms with Crippen LogP contribution >= 0.6 is 23.1 Å². The number of thioether (sulfide) groups is 1. The highest BCUT2D eigenvalue weighted by molar-refractivity contribution is 7.99. The molecule has 3 rings (SSSR count). The van der Waals surface area contributed by atoms with E-state index >= 15 is 0 Å². The first-order chi connectivity index (χ1) is 12.6. The third-order valence-electron chi connectivity index (χ3n) is 3.42. The van der Waals surface area contributed by atoms with E-state index in [2.05, 4.69) is 25.7 Å². The average Bonchev–Trinajstić information content (AvgIpc) is 3.29. The quantitative estimate of drug-likeness (QED) is 0.610. The Morgan fingerprint density at radius 1 is 1.23 bits per heavy atom. The first-order valence-corrected chi connectivity index (χ1v) is 9.29. The van der Waals surface area contributed by atoms with Gasteiger partial charge in [-0.15, -0.1) is 20.4 Å². The Labute approximate surface area is 157 Å². The SMILES string of the molecule is COc1ccc(-c2nnc(SCC(=O)Nc3nncs3)n2C)cc1OC. The molecule has 1 N–H and O–H groups in total. The maximum atomic E-state index is 11.9. The molecule has 1 aromatic carbocycles. The molecule has 0 spiro atoms. The number of amides is 1. The lowest BCUT2D eigenvalue weighted by Crippen LogP contribution is -2.14. The monoisotopic (exact) mass is 392 g/mol. The number of aromatic nitrogens is 5. The Hall–Kier alpha value is -2.66. The number of hydrogen-bond acceptors (Lipinski definition) is 9. The zero-order valence-corrected chi connectivity index (χ0v) is 15.9. The number of ether oxygens (including phenoxy) is 2. The van der Waals surface area contributed by atoms with Crippen molar-refractivity contribution in [1.29, 1.82) is 0 Å². The Bertz CT molecular complexity index is 897. The van der Waals surface area contributed by atoms with Crippen molar-refractivity contribution in [3.05, 3.63) is 23.7 Å². The minimum atomic E-state index is -0.178. The molecule has 0 fully saturated rings. The van der Waals surface area contributed by atoms with Crippen molar-refractivity contribution < 1.29 is 14.3 Å². The van der Waals surface area contributed by atoms with Crippen LogP contribution in [0.25, 0.3) is 11.4 Å². The van der Waals surface area contributed by atoms with Crippen LogP contribution in [0.3, 0.4) is 0 Å². The lowest BCUT2D eigenvalue weighted by atomic mass is 10.2. The summed E-state index contributed by atoms with van der Waals surface area (Å²) in [6, 6.07) is 5.52. The molecule has 2 aromatic heterocycles. The van der Waals surface area contributed by atoms with E-state index < -0.39 is 0 Å². The van der Waals surface area contributed by atoms with Gasteiger partial charge in [-0.3, -0.25) is 10.1 Å². The van der Waals surface area contributed by atoms with Gasteiger partial charge < -0.3 is 14.0 Å². The Balaban J connectivity index is 1.70. The predicted molar refractivity (Wildman–Crippen MR) is 98.8 cm³/mol. The highest BCUT2D eigenvalue weighted by Gasteiger charge is 2.15. The largest absolute Gasteiger partial charge is 0.493 e. The number of benzene rings is 1. The Kier molecular flexibility index (Phi) is 5.68. The standard InChI is InChI=1S/C15H16N6O3S2/c1-21-13(9-4-5-10(23-2)11(6-9)24-3)18-20-15(21)25-7-12(22)17-14-19-16-8-26-14/h4-6,8H,7H2,1-3H3,(H,17,19,22). The molecular formula is C15H16N6O3S2. The highest BCUT2D eigenvalue weighted by Crippen LogP contribution is 2.32. The number of nitrogens with one attached hydrogen (secondary N) is 1. The van der Waals surface area contributed by atoms with Crippen LogP contribution in [0.4, 0.5) is 5.13 Å².